The normalized spacial score (nSPS) is 10.3. The molecule has 5 heteroatoms. The summed E-state index contributed by atoms with van der Waals surface area (Å²) in [4.78, 5) is 24.1. The number of hydrogen-bond donors (Lipinski definition) is 0. The van der Waals surface area contributed by atoms with Gasteiger partial charge >= 0.3 is 11.9 Å². The Kier molecular flexibility index (Phi) is 7.61. The molecular weight excluding hydrogens is 380 g/mol. The van der Waals surface area contributed by atoms with E-state index in [4.69, 9.17) is 14.2 Å². The van der Waals surface area contributed by atoms with Crippen molar-refractivity contribution in [3.63, 3.8) is 0 Å². The van der Waals surface area contributed by atoms with Crippen LogP contribution in [-0.4, -0.2) is 25.2 Å². The first-order valence-electron chi connectivity index (χ1n) is 9.92. The minimum atomic E-state index is -0.479. The predicted octanol–water partition coefficient (Wildman–Crippen LogP) is 5.09. The van der Waals surface area contributed by atoms with Gasteiger partial charge in [0.1, 0.15) is 11.5 Å². The van der Waals surface area contributed by atoms with Crippen LogP contribution >= 0.6 is 0 Å². The van der Waals surface area contributed by atoms with Crippen LogP contribution in [0.1, 0.15) is 39.6 Å². The van der Waals surface area contributed by atoms with Gasteiger partial charge in [-0.15, -0.1) is 0 Å². The van der Waals surface area contributed by atoms with Crippen molar-refractivity contribution in [2.24, 2.45) is 0 Å². The monoisotopic (exact) mass is 404 g/mol. The fourth-order valence-electron chi connectivity index (χ4n) is 2.72. The molecule has 0 unspecified atom stereocenters. The van der Waals surface area contributed by atoms with Crippen molar-refractivity contribution in [3.05, 3.63) is 95.6 Å². The lowest BCUT2D eigenvalue weighted by molar-refractivity contribution is 0.0505. The molecule has 0 N–H and O–H groups in total. The molecular formula is C25H24O5. The summed E-state index contributed by atoms with van der Waals surface area (Å²) in [7, 11) is 0. The Bertz CT molecular complexity index is 947. The third kappa shape index (κ3) is 6.21. The molecule has 30 heavy (non-hydrogen) atoms. The van der Waals surface area contributed by atoms with Crippen LogP contribution in [0.15, 0.2) is 78.9 Å². The van der Waals surface area contributed by atoms with Crippen LogP contribution < -0.4 is 9.47 Å². The summed E-state index contributed by atoms with van der Waals surface area (Å²) in [6.07, 6.45) is 1.57. The molecule has 0 aliphatic heterocycles. The maximum atomic E-state index is 12.3. The van der Waals surface area contributed by atoms with Crippen LogP contribution in [0, 0.1) is 0 Å². The zero-order valence-corrected chi connectivity index (χ0v) is 16.9. The number of carbonyl (C=O) groups excluding carboxylic acids is 2. The van der Waals surface area contributed by atoms with Gasteiger partial charge in [0.05, 0.1) is 24.3 Å². The Morgan fingerprint density at radius 2 is 1.30 bits per heavy atom. The molecule has 0 aliphatic carbocycles. The van der Waals surface area contributed by atoms with Crippen LogP contribution in [0.3, 0.4) is 0 Å². The van der Waals surface area contributed by atoms with Gasteiger partial charge in [-0.3, -0.25) is 0 Å². The molecule has 0 heterocycles. The topological polar surface area (TPSA) is 61.8 Å². The quantitative estimate of drug-likeness (QED) is 0.367. The second-order valence-electron chi connectivity index (χ2n) is 6.66. The summed E-state index contributed by atoms with van der Waals surface area (Å²) in [5.74, 6) is 0.178. The number of ether oxygens (including phenoxy) is 3. The number of benzene rings is 3. The van der Waals surface area contributed by atoms with Crippen LogP contribution in [0.25, 0.3) is 0 Å². The lowest BCUT2D eigenvalue weighted by Gasteiger charge is -2.08. The van der Waals surface area contributed by atoms with E-state index in [0.29, 0.717) is 35.8 Å². The summed E-state index contributed by atoms with van der Waals surface area (Å²) < 4.78 is 16.2. The van der Waals surface area contributed by atoms with Gasteiger partial charge in [0.15, 0.2) is 0 Å². The molecule has 0 amide bonds. The summed E-state index contributed by atoms with van der Waals surface area (Å²) in [5, 5.41) is 0. The zero-order chi connectivity index (χ0) is 21.2. The van der Waals surface area contributed by atoms with E-state index in [0.717, 1.165) is 12.8 Å². The molecule has 0 aliphatic rings. The molecule has 0 atom stereocenters. The van der Waals surface area contributed by atoms with Crippen LogP contribution in [-0.2, 0) is 11.2 Å². The lowest BCUT2D eigenvalue weighted by atomic mass is 10.2. The van der Waals surface area contributed by atoms with Crippen molar-refractivity contribution >= 4 is 11.9 Å². The van der Waals surface area contributed by atoms with Gasteiger partial charge in [0.25, 0.3) is 0 Å². The molecule has 0 saturated carbocycles. The van der Waals surface area contributed by atoms with E-state index in [9.17, 15) is 9.59 Å². The van der Waals surface area contributed by atoms with E-state index in [1.807, 2.05) is 25.1 Å². The highest BCUT2D eigenvalue weighted by Gasteiger charge is 2.11. The summed E-state index contributed by atoms with van der Waals surface area (Å²) in [6.45, 7) is 2.86. The van der Waals surface area contributed by atoms with E-state index in [-0.39, 0.29) is 0 Å². The van der Waals surface area contributed by atoms with Gasteiger partial charge < -0.3 is 14.2 Å². The molecule has 0 fully saturated rings. The molecule has 0 saturated heterocycles. The summed E-state index contributed by atoms with van der Waals surface area (Å²) >= 11 is 0. The fraction of sp³-hybridized carbons (Fsp3) is 0.200. The van der Waals surface area contributed by atoms with E-state index in [2.05, 4.69) is 12.1 Å². The van der Waals surface area contributed by atoms with Gasteiger partial charge in [-0.25, -0.2) is 9.59 Å². The first-order chi connectivity index (χ1) is 14.7. The van der Waals surface area contributed by atoms with E-state index in [1.165, 1.54) is 5.56 Å². The summed E-state index contributed by atoms with van der Waals surface area (Å²) in [5.41, 5.74) is 2.04. The Labute approximate surface area is 176 Å². The average Bonchev–Trinajstić information content (AvgIpc) is 2.79. The maximum absolute atomic E-state index is 12.3. The summed E-state index contributed by atoms with van der Waals surface area (Å²) in [6, 6.07) is 23.2. The third-order valence-electron chi connectivity index (χ3n) is 4.33. The highest BCUT2D eigenvalue weighted by Crippen LogP contribution is 2.17. The molecule has 154 valence electrons. The van der Waals surface area contributed by atoms with Gasteiger partial charge in [-0.1, -0.05) is 37.3 Å². The zero-order valence-electron chi connectivity index (χ0n) is 16.9. The molecule has 3 aromatic rings. The van der Waals surface area contributed by atoms with E-state index in [1.54, 1.807) is 48.5 Å². The average molecular weight is 404 g/mol. The van der Waals surface area contributed by atoms with E-state index >= 15 is 0 Å². The van der Waals surface area contributed by atoms with Crippen molar-refractivity contribution in [2.75, 3.05) is 13.2 Å². The number of carbonyl (C=O) groups is 2. The highest BCUT2D eigenvalue weighted by atomic mass is 16.5. The lowest BCUT2D eigenvalue weighted by Crippen LogP contribution is -2.09. The minimum absolute atomic E-state index is 0.357. The molecule has 5 nitrogen and oxygen atoms in total. The molecule has 0 aromatic heterocycles. The number of hydrogen-bond acceptors (Lipinski definition) is 5. The minimum Gasteiger partial charge on any atom is -0.493 e. The molecule has 0 bridgehead atoms. The molecule has 3 aromatic carbocycles. The smallest absolute Gasteiger partial charge is 0.343 e. The highest BCUT2D eigenvalue weighted by molar-refractivity contribution is 5.92. The molecule has 0 spiro atoms. The van der Waals surface area contributed by atoms with E-state index < -0.39 is 11.9 Å². The Morgan fingerprint density at radius 3 is 1.93 bits per heavy atom. The van der Waals surface area contributed by atoms with Crippen molar-refractivity contribution in [2.45, 2.75) is 19.8 Å². The van der Waals surface area contributed by atoms with Gasteiger partial charge in [-0.05, 0) is 60.5 Å². The van der Waals surface area contributed by atoms with Crippen molar-refractivity contribution in [3.8, 4) is 11.5 Å². The standard InChI is InChI=1S/C25H24O5/c1-2-17-29-24(26)20-10-14-23(15-11-20)30-25(27)21-8-12-22(13-9-21)28-18-16-19-6-4-3-5-7-19/h3-15H,2,16-18H2,1H3. The van der Waals surface area contributed by atoms with Crippen molar-refractivity contribution < 1.29 is 23.8 Å². The SMILES string of the molecule is CCCOC(=O)c1ccc(OC(=O)c2ccc(OCCc3ccccc3)cc2)cc1. The maximum Gasteiger partial charge on any atom is 0.343 e. The van der Waals surface area contributed by atoms with Crippen LogP contribution in [0.2, 0.25) is 0 Å². The largest absolute Gasteiger partial charge is 0.493 e. The van der Waals surface area contributed by atoms with Gasteiger partial charge in [-0.2, -0.15) is 0 Å². The Morgan fingerprint density at radius 1 is 0.700 bits per heavy atom. The predicted molar refractivity (Wildman–Crippen MR) is 114 cm³/mol. The molecule has 0 radical (unpaired) electrons. The van der Waals surface area contributed by atoms with Gasteiger partial charge in [0, 0.05) is 6.42 Å². The Balaban J connectivity index is 1.50. The second kappa shape index (κ2) is 10.8. The van der Waals surface area contributed by atoms with Crippen LogP contribution in [0.4, 0.5) is 0 Å². The van der Waals surface area contributed by atoms with Crippen molar-refractivity contribution in [1.82, 2.24) is 0 Å². The Hall–Kier alpha value is -3.60. The molecule has 3 rings (SSSR count). The number of rotatable bonds is 9. The fourth-order valence-corrected chi connectivity index (χ4v) is 2.72. The number of esters is 2. The van der Waals surface area contributed by atoms with Gasteiger partial charge in [0.2, 0.25) is 0 Å². The third-order valence-corrected chi connectivity index (χ3v) is 4.33. The second-order valence-corrected chi connectivity index (χ2v) is 6.66. The van der Waals surface area contributed by atoms with Crippen LogP contribution in [0.5, 0.6) is 11.5 Å². The van der Waals surface area contributed by atoms with Crippen molar-refractivity contribution in [1.29, 1.82) is 0 Å². The first kappa shape index (κ1) is 21.1. The first-order valence-corrected chi connectivity index (χ1v) is 9.92.